The Hall–Kier alpha value is -1.47. The first kappa shape index (κ1) is 17.0. The molecule has 0 aliphatic carbocycles. The van der Waals surface area contributed by atoms with Crippen LogP contribution in [0.15, 0.2) is 4.52 Å². The summed E-state index contributed by atoms with van der Waals surface area (Å²) in [4.78, 5) is 22.0. The van der Waals surface area contributed by atoms with E-state index in [1.54, 1.807) is 0 Å². The number of fused-ring (bicyclic) bond motifs is 1. The number of carbonyl (C=O) groups is 1. The van der Waals surface area contributed by atoms with Crippen LogP contribution in [0.2, 0.25) is 0 Å². The average molecular weight is 348 g/mol. The molecule has 3 saturated heterocycles. The van der Waals surface area contributed by atoms with E-state index in [9.17, 15) is 4.79 Å². The fraction of sp³-hybridized carbons (Fsp3) is 0.833. The van der Waals surface area contributed by atoms with Crippen LogP contribution in [0.1, 0.15) is 57.2 Å². The molecule has 1 aromatic heterocycles. The predicted octanol–water partition coefficient (Wildman–Crippen LogP) is 1.79. The zero-order valence-corrected chi connectivity index (χ0v) is 15.2. The van der Waals surface area contributed by atoms with Crippen molar-refractivity contribution in [2.45, 2.75) is 64.1 Å². The maximum Gasteiger partial charge on any atom is 0.229 e. The van der Waals surface area contributed by atoms with Gasteiger partial charge in [-0.2, -0.15) is 4.98 Å². The van der Waals surface area contributed by atoms with Gasteiger partial charge < -0.3 is 14.2 Å². The summed E-state index contributed by atoms with van der Waals surface area (Å²) in [6.07, 6.45) is 3.84. The highest BCUT2D eigenvalue weighted by Gasteiger charge is 2.45. The van der Waals surface area contributed by atoms with Crippen molar-refractivity contribution in [1.29, 1.82) is 0 Å². The summed E-state index contributed by atoms with van der Waals surface area (Å²) in [6, 6.07) is 0.789. The van der Waals surface area contributed by atoms with Crippen LogP contribution < -0.4 is 0 Å². The van der Waals surface area contributed by atoms with E-state index in [1.807, 2.05) is 0 Å². The number of carbonyl (C=O) groups excluding carboxylic acids is 1. The van der Waals surface area contributed by atoms with Gasteiger partial charge in [-0.3, -0.25) is 9.69 Å². The highest BCUT2D eigenvalue weighted by molar-refractivity contribution is 5.79. The fourth-order valence-corrected chi connectivity index (χ4v) is 4.47. The molecule has 4 rings (SSSR count). The Morgan fingerprint density at radius 1 is 1.16 bits per heavy atom. The molecular weight excluding hydrogens is 320 g/mol. The first-order valence-corrected chi connectivity index (χ1v) is 9.58. The average Bonchev–Trinajstić information content (AvgIpc) is 3.33. The molecule has 1 amide bonds. The Morgan fingerprint density at radius 3 is 2.64 bits per heavy atom. The van der Waals surface area contributed by atoms with Gasteiger partial charge in [0, 0.05) is 50.2 Å². The summed E-state index contributed by atoms with van der Waals surface area (Å²) in [6.45, 7) is 8.15. The van der Waals surface area contributed by atoms with Crippen LogP contribution in [0.25, 0.3) is 0 Å². The Morgan fingerprint density at radius 2 is 1.92 bits per heavy atom. The Labute approximate surface area is 148 Å². The molecule has 0 radical (unpaired) electrons. The quantitative estimate of drug-likeness (QED) is 0.826. The van der Waals surface area contributed by atoms with E-state index < -0.39 is 0 Å². The normalized spacial score (nSPS) is 28.0. The molecule has 3 aliphatic heterocycles. The molecule has 1 aromatic rings. The van der Waals surface area contributed by atoms with Gasteiger partial charge in [0.25, 0.3) is 0 Å². The van der Waals surface area contributed by atoms with Crippen molar-refractivity contribution < 1.29 is 14.1 Å². The highest BCUT2D eigenvalue weighted by Crippen LogP contribution is 2.34. The summed E-state index contributed by atoms with van der Waals surface area (Å²) in [5, 5.41) is 4.12. The smallest absolute Gasteiger partial charge is 0.229 e. The maximum absolute atomic E-state index is 12.9. The van der Waals surface area contributed by atoms with Crippen LogP contribution in [-0.2, 0) is 16.1 Å². The minimum Gasteiger partial charge on any atom is -0.381 e. The number of amides is 1. The van der Waals surface area contributed by atoms with Crippen molar-refractivity contribution in [2.75, 3.05) is 26.3 Å². The van der Waals surface area contributed by atoms with Crippen molar-refractivity contribution in [3.8, 4) is 0 Å². The van der Waals surface area contributed by atoms with Gasteiger partial charge in [0.2, 0.25) is 11.8 Å². The number of hydrogen-bond acceptors (Lipinski definition) is 6. The molecule has 7 heteroatoms. The lowest BCUT2D eigenvalue weighted by atomic mass is 9.98. The lowest BCUT2D eigenvalue weighted by Gasteiger charge is -2.30. The summed E-state index contributed by atoms with van der Waals surface area (Å²) in [7, 11) is 0. The van der Waals surface area contributed by atoms with E-state index >= 15 is 0 Å². The minimum atomic E-state index is 0.160. The Kier molecular flexibility index (Phi) is 4.78. The molecule has 0 saturated carbocycles. The second-order valence-electron chi connectivity index (χ2n) is 7.80. The number of aromatic nitrogens is 2. The molecule has 3 aliphatic rings. The Balaban J connectivity index is 1.38. The van der Waals surface area contributed by atoms with Gasteiger partial charge in [-0.25, -0.2) is 0 Å². The van der Waals surface area contributed by atoms with Gasteiger partial charge in [-0.1, -0.05) is 19.0 Å². The third-order valence-corrected chi connectivity index (χ3v) is 5.87. The topological polar surface area (TPSA) is 71.7 Å². The lowest BCUT2D eigenvalue weighted by molar-refractivity contribution is -0.139. The van der Waals surface area contributed by atoms with Crippen LogP contribution in [0.5, 0.6) is 0 Å². The second kappa shape index (κ2) is 7.03. The largest absolute Gasteiger partial charge is 0.381 e. The molecule has 0 aromatic carbocycles. The molecule has 4 heterocycles. The van der Waals surface area contributed by atoms with Crippen molar-refractivity contribution in [3.63, 3.8) is 0 Å². The van der Waals surface area contributed by atoms with Crippen LogP contribution in [-0.4, -0.2) is 64.2 Å². The lowest BCUT2D eigenvalue weighted by Crippen LogP contribution is -2.43. The third-order valence-electron chi connectivity index (χ3n) is 5.87. The van der Waals surface area contributed by atoms with Gasteiger partial charge in [0.05, 0.1) is 6.54 Å². The molecule has 0 bridgehead atoms. The van der Waals surface area contributed by atoms with E-state index in [0.29, 0.717) is 23.9 Å². The van der Waals surface area contributed by atoms with Crippen molar-refractivity contribution in [2.24, 2.45) is 5.92 Å². The summed E-state index contributed by atoms with van der Waals surface area (Å²) in [5.74, 6) is 2.23. The molecule has 2 atom stereocenters. The van der Waals surface area contributed by atoms with E-state index in [0.717, 1.165) is 64.4 Å². The standard InChI is InChI=1S/C18H28N4O3/c1-12(2)17-19-16(20-25-17)11-21-7-3-15-14(21)4-8-22(15)18(23)13-5-9-24-10-6-13/h12-15H,3-11H2,1-2H3/t14-,15-/m0/s1. The fourth-order valence-electron chi connectivity index (χ4n) is 4.47. The number of nitrogens with zero attached hydrogens (tertiary/aromatic N) is 4. The second-order valence-corrected chi connectivity index (χ2v) is 7.80. The Bertz CT molecular complexity index is 611. The molecule has 3 fully saturated rings. The molecule has 138 valence electrons. The first-order chi connectivity index (χ1) is 12.1. The third kappa shape index (κ3) is 3.31. The van der Waals surface area contributed by atoms with E-state index in [1.165, 1.54) is 0 Å². The zero-order valence-electron chi connectivity index (χ0n) is 15.2. The van der Waals surface area contributed by atoms with Gasteiger partial charge in [0.15, 0.2) is 5.82 Å². The van der Waals surface area contributed by atoms with Crippen LogP contribution in [0, 0.1) is 5.92 Å². The van der Waals surface area contributed by atoms with Gasteiger partial charge in [-0.15, -0.1) is 0 Å². The van der Waals surface area contributed by atoms with Crippen molar-refractivity contribution in [3.05, 3.63) is 11.7 Å². The molecule has 0 N–H and O–H groups in total. The molecule has 0 spiro atoms. The molecule has 25 heavy (non-hydrogen) atoms. The summed E-state index contributed by atoms with van der Waals surface area (Å²) >= 11 is 0. The number of rotatable bonds is 4. The van der Waals surface area contributed by atoms with E-state index in [2.05, 4.69) is 33.8 Å². The molecule has 7 nitrogen and oxygen atoms in total. The van der Waals surface area contributed by atoms with Crippen LogP contribution >= 0.6 is 0 Å². The summed E-state index contributed by atoms with van der Waals surface area (Å²) < 4.78 is 10.7. The molecule has 0 unspecified atom stereocenters. The minimum absolute atomic E-state index is 0.160. The van der Waals surface area contributed by atoms with Gasteiger partial charge in [-0.05, 0) is 25.7 Å². The first-order valence-electron chi connectivity index (χ1n) is 9.58. The predicted molar refractivity (Wildman–Crippen MR) is 90.9 cm³/mol. The zero-order chi connectivity index (χ0) is 17.4. The van der Waals surface area contributed by atoms with Crippen molar-refractivity contribution >= 4 is 5.91 Å². The number of ether oxygens (including phenoxy) is 1. The SMILES string of the molecule is CC(C)c1nc(CN2CC[C@H]3[C@@H]2CCN3C(=O)C2CCOCC2)no1. The number of likely N-dealkylation sites (tertiary alicyclic amines) is 2. The van der Waals surface area contributed by atoms with Crippen molar-refractivity contribution in [1.82, 2.24) is 19.9 Å². The van der Waals surface area contributed by atoms with Crippen LogP contribution in [0.4, 0.5) is 0 Å². The monoisotopic (exact) mass is 348 g/mol. The summed E-state index contributed by atoms with van der Waals surface area (Å²) in [5.41, 5.74) is 0. The highest BCUT2D eigenvalue weighted by atomic mass is 16.5. The number of hydrogen-bond donors (Lipinski definition) is 0. The van der Waals surface area contributed by atoms with E-state index in [-0.39, 0.29) is 11.8 Å². The maximum atomic E-state index is 12.9. The van der Waals surface area contributed by atoms with Gasteiger partial charge in [0.1, 0.15) is 0 Å². The van der Waals surface area contributed by atoms with Gasteiger partial charge >= 0.3 is 0 Å². The molecular formula is C18H28N4O3. The van der Waals surface area contributed by atoms with Crippen LogP contribution in [0.3, 0.4) is 0 Å². The van der Waals surface area contributed by atoms with E-state index in [4.69, 9.17) is 9.26 Å².